The second kappa shape index (κ2) is 11.9. The topological polar surface area (TPSA) is 124 Å². The van der Waals surface area contributed by atoms with Crippen LogP contribution in [0.4, 0.5) is 0 Å². The van der Waals surface area contributed by atoms with E-state index in [0.717, 1.165) is 0 Å². The van der Waals surface area contributed by atoms with Crippen LogP contribution in [0.3, 0.4) is 0 Å². The monoisotopic (exact) mass is 326 g/mol. The Morgan fingerprint density at radius 3 is 0.923 bits per heavy atom. The summed E-state index contributed by atoms with van der Waals surface area (Å²) in [4.78, 5) is 0. The molecule has 0 unspecified atom stereocenters. The molecule has 0 bridgehead atoms. The third-order valence-corrected chi connectivity index (χ3v) is 2.83. The molecule has 0 amide bonds. The van der Waals surface area contributed by atoms with Gasteiger partial charge in [0.15, 0.2) is 0 Å². The molecule has 0 aliphatic carbocycles. The standard InChI is InChI=1S/2CH4.2Cr.2K.7O/h2*1H4;;;;;;;;;;;/q;;;;2*+1;;;;;;2*-1. The van der Waals surface area contributed by atoms with Gasteiger partial charge in [-0.05, 0) is 0 Å². The average Bonchev–Trinajstić information content (AvgIpc) is 1.14. The molecule has 7 nitrogen and oxygen atoms in total. The Hall–Kier alpha value is 3.42. The zero-order valence-corrected chi connectivity index (χ0v) is 14.5. The molecule has 0 atom stereocenters. The first-order valence-electron chi connectivity index (χ1n) is 1.33. The van der Waals surface area contributed by atoms with E-state index >= 15 is 0 Å². The van der Waals surface area contributed by atoms with Gasteiger partial charge in [0.1, 0.15) is 0 Å². The number of hydrogen-bond donors (Lipinski definition) is 0. The Kier molecular flexibility index (Phi) is 27.4. The molecule has 11 heteroatoms. The van der Waals surface area contributed by atoms with E-state index in [2.05, 4.69) is 2.84 Å². The van der Waals surface area contributed by atoms with Gasteiger partial charge < -0.3 is 0 Å². The van der Waals surface area contributed by atoms with Crippen molar-refractivity contribution in [3.63, 3.8) is 0 Å². The van der Waals surface area contributed by atoms with Crippen LogP contribution in [-0.2, 0) is 45.3 Å². The summed E-state index contributed by atoms with van der Waals surface area (Å²) in [5, 5.41) is 0. The minimum absolute atomic E-state index is 0. The molecule has 0 aromatic heterocycles. The molecule has 0 aliphatic rings. The van der Waals surface area contributed by atoms with Crippen LogP contribution in [-0.4, -0.2) is 0 Å². The van der Waals surface area contributed by atoms with E-state index in [1.807, 2.05) is 0 Å². The molecule has 0 radical (unpaired) electrons. The van der Waals surface area contributed by atoms with Gasteiger partial charge in [0, 0.05) is 0 Å². The fourth-order valence-corrected chi connectivity index (χ4v) is 1.74. The molecule has 13 heavy (non-hydrogen) atoms. The molecule has 0 N–H and O–H groups in total. The summed E-state index contributed by atoms with van der Waals surface area (Å²) in [5.74, 6) is 0. The first-order chi connectivity index (χ1) is 3.71. The number of hydrogen-bond acceptors (Lipinski definition) is 7. The Balaban J connectivity index is -0.0000000533. The van der Waals surface area contributed by atoms with Crippen LogP contribution in [0.5, 0.6) is 0 Å². The Morgan fingerprint density at radius 1 is 0.769 bits per heavy atom. The van der Waals surface area contributed by atoms with Gasteiger partial charge in [0.2, 0.25) is 0 Å². The second-order valence-corrected chi connectivity index (χ2v) is 4.52. The van der Waals surface area contributed by atoms with Crippen molar-refractivity contribution in [2.24, 2.45) is 0 Å². The molecular formula is C2H8Cr2K2O7. The average molecular weight is 326 g/mol. The van der Waals surface area contributed by atoms with Gasteiger partial charge in [-0.15, -0.1) is 0 Å². The normalized spacial score (nSPS) is 9.38. The molecule has 0 fully saturated rings. The van der Waals surface area contributed by atoms with Crippen molar-refractivity contribution in [1.29, 1.82) is 0 Å². The maximum absolute atomic E-state index is 9.38. The molecule has 0 heterocycles. The summed E-state index contributed by atoms with van der Waals surface area (Å²) in [5.41, 5.74) is 0. The van der Waals surface area contributed by atoms with Gasteiger partial charge in [0.05, 0.1) is 0 Å². The molecule has 0 spiro atoms. The van der Waals surface area contributed by atoms with Crippen molar-refractivity contribution >= 4 is 0 Å². The first kappa shape index (κ1) is 29.9. The molecular weight excluding hydrogens is 318 g/mol. The van der Waals surface area contributed by atoms with Gasteiger partial charge in [-0.2, -0.15) is 0 Å². The van der Waals surface area contributed by atoms with Gasteiger partial charge in [-0.25, -0.2) is 0 Å². The quantitative estimate of drug-likeness (QED) is 0.462. The third kappa shape index (κ3) is 31.3. The summed E-state index contributed by atoms with van der Waals surface area (Å²) < 4.78 is 58.9. The van der Waals surface area contributed by atoms with E-state index in [-0.39, 0.29) is 118 Å². The van der Waals surface area contributed by atoms with Crippen molar-refractivity contribution in [3.05, 3.63) is 0 Å². The van der Waals surface area contributed by atoms with Crippen LogP contribution in [0, 0.1) is 0 Å². The van der Waals surface area contributed by atoms with Crippen LogP contribution in [0.2, 0.25) is 0 Å². The summed E-state index contributed by atoms with van der Waals surface area (Å²) >= 11 is -12.1. The van der Waals surface area contributed by atoms with Crippen molar-refractivity contribution in [1.82, 2.24) is 0 Å². The van der Waals surface area contributed by atoms with E-state index in [1.54, 1.807) is 0 Å². The van der Waals surface area contributed by atoms with Crippen molar-refractivity contribution < 1.29 is 156 Å². The minimum atomic E-state index is -6.07. The zero-order chi connectivity index (χ0) is 7.71. The number of rotatable bonds is 2. The molecule has 0 rings (SSSR count). The van der Waals surface area contributed by atoms with Crippen LogP contribution >= 0.6 is 0 Å². The fraction of sp³-hybridized carbons (Fsp3) is 1.00. The van der Waals surface area contributed by atoms with E-state index in [4.69, 9.17) is 0 Å². The Bertz CT molecular complexity index is 248. The molecule has 72 valence electrons. The summed E-state index contributed by atoms with van der Waals surface area (Å²) in [6.45, 7) is 0. The van der Waals surface area contributed by atoms with Gasteiger partial charge in [-0.1, -0.05) is 14.9 Å². The third-order valence-electron chi connectivity index (χ3n) is 0.167. The summed E-state index contributed by atoms with van der Waals surface area (Å²) in [6.07, 6.45) is 0. The van der Waals surface area contributed by atoms with E-state index in [1.165, 1.54) is 0 Å². The predicted octanol–water partition coefficient (Wildman–Crippen LogP) is -7.65. The maximum atomic E-state index is 9.38. The van der Waals surface area contributed by atoms with Gasteiger partial charge in [0.25, 0.3) is 0 Å². The SMILES string of the molecule is C.C.[K+].[K+].[O]=[Cr](=[O])([O-])[O][Cr](=[O])(=[O])[O-]. The summed E-state index contributed by atoms with van der Waals surface area (Å²) in [7, 11) is 0. The Labute approximate surface area is 167 Å². The van der Waals surface area contributed by atoms with Crippen LogP contribution in [0.15, 0.2) is 0 Å². The molecule has 0 saturated heterocycles. The molecule has 0 aromatic carbocycles. The van der Waals surface area contributed by atoms with E-state index in [9.17, 15) is 23.5 Å². The van der Waals surface area contributed by atoms with Crippen LogP contribution < -0.4 is 111 Å². The van der Waals surface area contributed by atoms with Crippen molar-refractivity contribution in [3.8, 4) is 0 Å². The van der Waals surface area contributed by atoms with Crippen molar-refractivity contribution in [2.45, 2.75) is 14.9 Å². The first-order valence-corrected chi connectivity index (χ1v) is 5.50. The predicted molar refractivity (Wildman–Crippen MR) is 17.3 cm³/mol. The summed E-state index contributed by atoms with van der Waals surface area (Å²) in [6, 6.07) is 0. The molecule has 0 saturated carbocycles. The van der Waals surface area contributed by atoms with Gasteiger partial charge >= 0.3 is 156 Å². The van der Waals surface area contributed by atoms with E-state index < -0.39 is 27.2 Å². The molecule has 0 aliphatic heterocycles. The molecule has 0 aromatic rings. The van der Waals surface area contributed by atoms with Crippen molar-refractivity contribution in [2.75, 3.05) is 0 Å². The fourth-order valence-electron chi connectivity index (χ4n) is 0.102. The van der Waals surface area contributed by atoms with Crippen LogP contribution in [0.25, 0.3) is 0 Å². The Morgan fingerprint density at radius 2 is 0.923 bits per heavy atom. The zero-order valence-electron chi connectivity index (χ0n) is 5.67. The van der Waals surface area contributed by atoms with Crippen LogP contribution in [0.1, 0.15) is 14.9 Å². The van der Waals surface area contributed by atoms with Gasteiger partial charge in [-0.3, -0.25) is 0 Å². The van der Waals surface area contributed by atoms with E-state index in [0.29, 0.717) is 0 Å². The second-order valence-electron chi connectivity index (χ2n) is 0.885.